The van der Waals surface area contributed by atoms with Crippen LogP contribution < -0.4 is 10.1 Å². The lowest BCUT2D eigenvalue weighted by Gasteiger charge is -2.15. The van der Waals surface area contributed by atoms with E-state index >= 15 is 0 Å². The van der Waals surface area contributed by atoms with E-state index in [2.05, 4.69) is 5.32 Å². The fourth-order valence-corrected chi connectivity index (χ4v) is 1.48. The third-order valence-corrected chi connectivity index (χ3v) is 2.52. The van der Waals surface area contributed by atoms with Crippen LogP contribution in [0, 0.1) is 0 Å². The maximum absolute atomic E-state index is 11.6. The summed E-state index contributed by atoms with van der Waals surface area (Å²) < 4.78 is 10.2. The van der Waals surface area contributed by atoms with Gasteiger partial charge in [0.05, 0.1) is 6.10 Å². The summed E-state index contributed by atoms with van der Waals surface area (Å²) in [7, 11) is 0. The van der Waals surface area contributed by atoms with Gasteiger partial charge in [-0.1, -0.05) is 11.6 Å². The highest BCUT2D eigenvalue weighted by Crippen LogP contribution is 2.15. The lowest BCUT2D eigenvalue weighted by Crippen LogP contribution is -2.42. The fraction of sp³-hybridized carbons (Fsp3) is 0.429. The zero-order valence-corrected chi connectivity index (χ0v) is 12.4. The Balaban J connectivity index is 2.36. The second-order valence-corrected chi connectivity index (χ2v) is 4.95. The Bertz CT molecular complexity index is 459. The van der Waals surface area contributed by atoms with Crippen LogP contribution in [0.3, 0.4) is 0 Å². The Morgan fingerprint density at radius 1 is 1.20 bits per heavy atom. The predicted molar refractivity (Wildman–Crippen MR) is 75.8 cm³/mol. The first-order valence-electron chi connectivity index (χ1n) is 6.26. The van der Waals surface area contributed by atoms with E-state index in [1.54, 1.807) is 45.0 Å². The molecule has 0 heterocycles. The number of esters is 1. The summed E-state index contributed by atoms with van der Waals surface area (Å²) in [6.07, 6.45) is -0.216. The molecule has 0 saturated carbocycles. The van der Waals surface area contributed by atoms with Crippen molar-refractivity contribution in [2.45, 2.75) is 32.9 Å². The molecule has 0 aliphatic carbocycles. The number of carbonyl (C=O) groups is 2. The van der Waals surface area contributed by atoms with Gasteiger partial charge in [0.25, 0.3) is 5.91 Å². The number of benzene rings is 1. The zero-order valence-electron chi connectivity index (χ0n) is 11.7. The minimum Gasteiger partial charge on any atom is -0.484 e. The van der Waals surface area contributed by atoms with Crippen LogP contribution in [0.1, 0.15) is 20.8 Å². The number of hydrogen-bond donors (Lipinski definition) is 1. The maximum Gasteiger partial charge on any atom is 0.328 e. The van der Waals surface area contributed by atoms with Crippen molar-refractivity contribution in [3.05, 3.63) is 29.3 Å². The molecule has 0 aliphatic heterocycles. The minimum absolute atomic E-state index is 0.180. The van der Waals surface area contributed by atoms with Gasteiger partial charge in [0, 0.05) is 5.02 Å². The Morgan fingerprint density at radius 2 is 1.80 bits per heavy atom. The highest BCUT2D eigenvalue weighted by atomic mass is 35.5. The van der Waals surface area contributed by atoms with Gasteiger partial charge in [0.15, 0.2) is 6.61 Å². The van der Waals surface area contributed by atoms with Crippen molar-refractivity contribution < 1.29 is 19.1 Å². The summed E-state index contributed by atoms with van der Waals surface area (Å²) in [6.45, 7) is 4.87. The smallest absolute Gasteiger partial charge is 0.328 e. The molecule has 1 aromatic carbocycles. The quantitative estimate of drug-likeness (QED) is 0.818. The van der Waals surface area contributed by atoms with Crippen molar-refractivity contribution in [3.63, 3.8) is 0 Å². The van der Waals surface area contributed by atoms with Crippen LogP contribution in [0.15, 0.2) is 24.3 Å². The predicted octanol–water partition coefficient (Wildman–Crippen LogP) is 2.18. The zero-order chi connectivity index (χ0) is 15.1. The lowest BCUT2D eigenvalue weighted by molar-refractivity contribution is -0.151. The van der Waals surface area contributed by atoms with Gasteiger partial charge in [-0.3, -0.25) is 4.79 Å². The van der Waals surface area contributed by atoms with E-state index in [1.807, 2.05) is 0 Å². The van der Waals surface area contributed by atoms with E-state index in [9.17, 15) is 9.59 Å². The monoisotopic (exact) mass is 299 g/mol. The summed E-state index contributed by atoms with van der Waals surface area (Å²) in [4.78, 5) is 23.1. The molecule has 0 saturated heterocycles. The third kappa shape index (κ3) is 5.93. The number of rotatable bonds is 6. The number of halogens is 1. The van der Waals surface area contributed by atoms with Gasteiger partial charge < -0.3 is 14.8 Å². The van der Waals surface area contributed by atoms with Crippen LogP contribution in [0.2, 0.25) is 5.02 Å². The molecule has 1 unspecified atom stereocenters. The van der Waals surface area contributed by atoms with Gasteiger partial charge in [0.1, 0.15) is 11.8 Å². The second-order valence-electron chi connectivity index (χ2n) is 4.52. The first-order valence-corrected chi connectivity index (χ1v) is 6.64. The van der Waals surface area contributed by atoms with Crippen LogP contribution >= 0.6 is 11.6 Å². The Morgan fingerprint density at radius 3 is 2.35 bits per heavy atom. The van der Waals surface area contributed by atoms with Crippen molar-refractivity contribution in [1.82, 2.24) is 5.32 Å². The molecule has 1 rings (SSSR count). The van der Waals surface area contributed by atoms with Gasteiger partial charge >= 0.3 is 5.97 Å². The molecule has 1 atom stereocenters. The molecule has 0 aliphatic rings. The van der Waals surface area contributed by atoms with Crippen LogP contribution in [-0.4, -0.2) is 30.6 Å². The fourth-order valence-electron chi connectivity index (χ4n) is 1.36. The summed E-state index contributed by atoms with van der Waals surface area (Å²) in [5.41, 5.74) is 0. The van der Waals surface area contributed by atoms with Gasteiger partial charge in [-0.25, -0.2) is 4.79 Å². The second kappa shape index (κ2) is 7.75. The number of ether oxygens (including phenoxy) is 2. The van der Waals surface area contributed by atoms with E-state index < -0.39 is 17.9 Å². The SMILES string of the molecule is CC(C)OC(=O)C(C)NC(=O)COc1ccc(Cl)cc1. The van der Waals surface area contributed by atoms with E-state index in [4.69, 9.17) is 21.1 Å². The van der Waals surface area contributed by atoms with E-state index in [-0.39, 0.29) is 12.7 Å². The number of amides is 1. The molecule has 1 amide bonds. The van der Waals surface area contributed by atoms with Crippen molar-refractivity contribution >= 4 is 23.5 Å². The molecule has 110 valence electrons. The normalized spacial score (nSPS) is 11.8. The molecule has 0 radical (unpaired) electrons. The average Bonchev–Trinajstić information content (AvgIpc) is 2.37. The summed E-state index contributed by atoms with van der Waals surface area (Å²) in [5.74, 6) is -0.338. The van der Waals surface area contributed by atoms with Gasteiger partial charge in [-0.05, 0) is 45.0 Å². The topological polar surface area (TPSA) is 64.6 Å². The van der Waals surface area contributed by atoms with Crippen molar-refractivity contribution in [2.24, 2.45) is 0 Å². The standard InChI is InChI=1S/C14H18ClNO4/c1-9(2)20-14(18)10(3)16-13(17)8-19-12-6-4-11(15)5-7-12/h4-7,9-10H,8H2,1-3H3,(H,16,17). The Hall–Kier alpha value is -1.75. The van der Waals surface area contributed by atoms with Crippen LogP contribution in [0.4, 0.5) is 0 Å². The Labute approximate surface area is 123 Å². The van der Waals surface area contributed by atoms with Crippen LogP contribution in [-0.2, 0) is 14.3 Å². The molecule has 5 nitrogen and oxygen atoms in total. The van der Waals surface area contributed by atoms with Crippen molar-refractivity contribution in [2.75, 3.05) is 6.61 Å². The highest BCUT2D eigenvalue weighted by molar-refractivity contribution is 6.30. The third-order valence-electron chi connectivity index (χ3n) is 2.27. The van der Waals surface area contributed by atoms with E-state index in [1.165, 1.54) is 0 Å². The summed E-state index contributed by atoms with van der Waals surface area (Å²) in [5, 5.41) is 3.09. The van der Waals surface area contributed by atoms with Gasteiger partial charge in [-0.2, -0.15) is 0 Å². The number of carbonyl (C=O) groups excluding carboxylic acids is 2. The molecule has 20 heavy (non-hydrogen) atoms. The molecule has 1 N–H and O–H groups in total. The molecule has 0 aromatic heterocycles. The summed E-state index contributed by atoms with van der Waals surface area (Å²) in [6, 6.07) is 5.94. The van der Waals surface area contributed by atoms with E-state index in [0.717, 1.165) is 0 Å². The van der Waals surface area contributed by atoms with Crippen molar-refractivity contribution in [3.8, 4) is 5.75 Å². The molecule has 6 heteroatoms. The molecule has 0 bridgehead atoms. The maximum atomic E-state index is 11.6. The van der Waals surface area contributed by atoms with Crippen molar-refractivity contribution in [1.29, 1.82) is 0 Å². The summed E-state index contributed by atoms with van der Waals surface area (Å²) >= 11 is 5.73. The molecular weight excluding hydrogens is 282 g/mol. The molecular formula is C14H18ClNO4. The Kier molecular flexibility index (Phi) is 6.31. The first kappa shape index (κ1) is 16.3. The van der Waals surface area contributed by atoms with Gasteiger partial charge in [0.2, 0.25) is 0 Å². The molecule has 1 aromatic rings. The largest absolute Gasteiger partial charge is 0.484 e. The van der Waals surface area contributed by atoms with Crippen LogP contribution in [0.25, 0.3) is 0 Å². The minimum atomic E-state index is -0.710. The van der Waals surface area contributed by atoms with Gasteiger partial charge in [-0.15, -0.1) is 0 Å². The number of hydrogen-bond acceptors (Lipinski definition) is 4. The van der Waals surface area contributed by atoms with E-state index in [0.29, 0.717) is 10.8 Å². The average molecular weight is 300 g/mol. The number of nitrogens with one attached hydrogen (secondary N) is 1. The molecule has 0 fully saturated rings. The highest BCUT2D eigenvalue weighted by Gasteiger charge is 2.18. The van der Waals surface area contributed by atoms with Crippen LogP contribution in [0.5, 0.6) is 5.75 Å². The first-order chi connectivity index (χ1) is 9.38. The lowest BCUT2D eigenvalue weighted by atomic mass is 10.3. The molecule has 0 spiro atoms.